The smallest absolute Gasteiger partial charge is 0.336 e. The number of thiazole rings is 1. The molecule has 0 spiro atoms. The topological polar surface area (TPSA) is 81.4 Å². The van der Waals surface area contributed by atoms with E-state index in [1.807, 2.05) is 36.6 Å². The van der Waals surface area contributed by atoms with E-state index in [1.54, 1.807) is 23.5 Å². The van der Waals surface area contributed by atoms with Gasteiger partial charge in [-0.25, -0.2) is 9.78 Å². The molecule has 7 heteroatoms. The van der Waals surface area contributed by atoms with Crippen LogP contribution in [0.1, 0.15) is 21.8 Å². The van der Waals surface area contributed by atoms with Crippen LogP contribution in [0.15, 0.2) is 69.2 Å². The van der Waals surface area contributed by atoms with Crippen LogP contribution >= 0.6 is 11.3 Å². The highest BCUT2D eigenvalue weighted by Gasteiger charge is 2.08. The van der Waals surface area contributed by atoms with E-state index in [2.05, 4.69) is 22.4 Å². The summed E-state index contributed by atoms with van der Waals surface area (Å²) in [4.78, 5) is 28.2. The molecule has 4 rings (SSSR count). The third kappa shape index (κ3) is 4.93. The highest BCUT2D eigenvalue weighted by molar-refractivity contribution is 7.09. The number of carbonyl (C=O) groups is 1. The van der Waals surface area contributed by atoms with Gasteiger partial charge in [-0.15, -0.1) is 11.3 Å². The lowest BCUT2D eigenvalue weighted by Crippen LogP contribution is -2.28. The molecule has 30 heavy (non-hydrogen) atoms. The van der Waals surface area contributed by atoms with Gasteiger partial charge in [0.05, 0.1) is 17.2 Å². The summed E-state index contributed by atoms with van der Waals surface area (Å²) in [5, 5.41) is 6.60. The molecule has 0 saturated carbocycles. The zero-order valence-corrected chi connectivity index (χ0v) is 17.2. The van der Waals surface area contributed by atoms with Crippen molar-refractivity contribution in [3.8, 4) is 5.75 Å². The maximum atomic E-state index is 12.1. The number of amides is 1. The van der Waals surface area contributed by atoms with Crippen LogP contribution in [-0.4, -0.2) is 17.5 Å². The monoisotopic (exact) mass is 420 g/mol. The molecule has 0 fully saturated rings. The third-order valence-electron chi connectivity index (χ3n) is 4.56. The largest absolute Gasteiger partial charge is 0.484 e. The van der Waals surface area contributed by atoms with Gasteiger partial charge < -0.3 is 14.5 Å². The fraction of sp³-hybridized carbons (Fsp3) is 0.174. The Balaban J connectivity index is 1.29. The molecule has 4 aromatic rings. The molecule has 0 aliphatic heterocycles. The molecule has 2 heterocycles. The number of fused-ring (bicyclic) bond motifs is 1. The minimum absolute atomic E-state index is 0.136. The molecular weight excluding hydrogens is 400 g/mol. The Morgan fingerprint density at radius 3 is 2.83 bits per heavy atom. The average Bonchev–Trinajstić information content (AvgIpc) is 3.18. The molecule has 0 saturated heterocycles. The van der Waals surface area contributed by atoms with E-state index >= 15 is 0 Å². The van der Waals surface area contributed by atoms with Gasteiger partial charge in [0.15, 0.2) is 6.61 Å². The van der Waals surface area contributed by atoms with Gasteiger partial charge in [0.1, 0.15) is 11.3 Å². The zero-order valence-electron chi connectivity index (χ0n) is 16.4. The van der Waals surface area contributed by atoms with Crippen molar-refractivity contribution in [1.82, 2.24) is 10.3 Å². The molecule has 6 nitrogen and oxygen atoms in total. The Morgan fingerprint density at radius 1 is 1.17 bits per heavy atom. The molecule has 0 radical (unpaired) electrons. The number of nitrogens with zero attached hydrogens (tertiary/aromatic N) is 1. The number of hydrogen-bond donors (Lipinski definition) is 1. The Kier molecular flexibility index (Phi) is 5.90. The number of aryl methyl sites for hydroxylation is 1. The first-order valence-corrected chi connectivity index (χ1v) is 10.4. The van der Waals surface area contributed by atoms with Crippen molar-refractivity contribution in [2.24, 2.45) is 0 Å². The molecule has 2 aromatic carbocycles. The lowest BCUT2D eigenvalue weighted by Gasteiger charge is -2.08. The summed E-state index contributed by atoms with van der Waals surface area (Å²) >= 11 is 1.58. The van der Waals surface area contributed by atoms with Crippen LogP contribution in [0.25, 0.3) is 11.0 Å². The van der Waals surface area contributed by atoms with E-state index in [-0.39, 0.29) is 12.5 Å². The van der Waals surface area contributed by atoms with Crippen LogP contribution in [0.4, 0.5) is 0 Å². The van der Waals surface area contributed by atoms with Crippen LogP contribution in [-0.2, 0) is 17.8 Å². The SMILES string of the molecule is Cc1cc(=O)oc2cc(OCC(=O)NCc3csc(Cc4ccccc4)n3)ccc12. The number of nitrogens with one attached hydrogen (secondary N) is 1. The second-order valence-electron chi connectivity index (χ2n) is 6.87. The van der Waals surface area contributed by atoms with E-state index in [9.17, 15) is 9.59 Å². The predicted molar refractivity (Wildman–Crippen MR) is 116 cm³/mol. The Morgan fingerprint density at radius 2 is 2.00 bits per heavy atom. The van der Waals surface area contributed by atoms with Gasteiger partial charge in [0.25, 0.3) is 5.91 Å². The summed E-state index contributed by atoms with van der Waals surface area (Å²) in [5.41, 5.74) is 2.89. The Labute approximate surface area is 177 Å². The molecule has 1 N–H and O–H groups in total. The van der Waals surface area contributed by atoms with Gasteiger partial charge in [-0.2, -0.15) is 0 Å². The van der Waals surface area contributed by atoms with Crippen LogP contribution < -0.4 is 15.7 Å². The van der Waals surface area contributed by atoms with E-state index in [1.165, 1.54) is 11.6 Å². The fourth-order valence-electron chi connectivity index (χ4n) is 3.07. The minimum Gasteiger partial charge on any atom is -0.484 e. The van der Waals surface area contributed by atoms with Gasteiger partial charge >= 0.3 is 5.63 Å². The number of benzene rings is 2. The third-order valence-corrected chi connectivity index (χ3v) is 5.45. The van der Waals surface area contributed by atoms with E-state index in [0.717, 1.165) is 28.1 Å². The first-order valence-electron chi connectivity index (χ1n) is 9.48. The highest BCUT2D eigenvalue weighted by Crippen LogP contribution is 2.22. The lowest BCUT2D eigenvalue weighted by molar-refractivity contribution is -0.123. The molecule has 0 aliphatic carbocycles. The maximum absolute atomic E-state index is 12.1. The van der Waals surface area contributed by atoms with Crippen molar-refractivity contribution in [3.63, 3.8) is 0 Å². The molecule has 2 aromatic heterocycles. The summed E-state index contributed by atoms with van der Waals surface area (Å²) in [6.45, 7) is 2.05. The summed E-state index contributed by atoms with van der Waals surface area (Å²) in [6, 6.07) is 16.8. The molecule has 1 amide bonds. The van der Waals surface area contributed by atoms with Gasteiger partial charge in [-0.3, -0.25) is 4.79 Å². The summed E-state index contributed by atoms with van der Waals surface area (Å²) in [6.07, 6.45) is 0.778. The van der Waals surface area contributed by atoms with Crippen molar-refractivity contribution in [3.05, 3.63) is 92.2 Å². The Hall–Kier alpha value is -3.45. The van der Waals surface area contributed by atoms with Crippen LogP contribution in [0.2, 0.25) is 0 Å². The van der Waals surface area contributed by atoms with E-state index < -0.39 is 5.63 Å². The molecular formula is C23H20N2O4S. The van der Waals surface area contributed by atoms with Crippen molar-refractivity contribution < 1.29 is 13.9 Å². The van der Waals surface area contributed by atoms with Crippen molar-refractivity contribution >= 4 is 28.2 Å². The first-order chi connectivity index (χ1) is 14.6. The summed E-state index contributed by atoms with van der Waals surface area (Å²) < 4.78 is 10.7. The number of ether oxygens (including phenoxy) is 1. The van der Waals surface area contributed by atoms with E-state index in [0.29, 0.717) is 17.9 Å². The number of hydrogen-bond acceptors (Lipinski definition) is 6. The zero-order chi connectivity index (χ0) is 20.9. The molecule has 0 atom stereocenters. The standard InChI is InChI=1S/C23H20N2O4S/c1-15-9-23(27)29-20-11-18(7-8-19(15)20)28-13-21(26)24-12-17-14-30-22(25-17)10-16-5-3-2-4-6-16/h2-9,11,14H,10,12-13H2,1H3,(H,24,26). The van der Waals surface area contributed by atoms with Crippen molar-refractivity contribution in [2.75, 3.05) is 6.61 Å². The van der Waals surface area contributed by atoms with Gasteiger partial charge in [-0.05, 0) is 30.2 Å². The molecule has 152 valence electrons. The average molecular weight is 420 g/mol. The van der Waals surface area contributed by atoms with Crippen LogP contribution in [0, 0.1) is 6.92 Å². The summed E-state index contributed by atoms with van der Waals surface area (Å²) in [5.74, 6) is 0.212. The molecule has 0 unspecified atom stereocenters. The maximum Gasteiger partial charge on any atom is 0.336 e. The normalized spacial score (nSPS) is 10.8. The highest BCUT2D eigenvalue weighted by atomic mass is 32.1. The predicted octanol–water partition coefficient (Wildman–Crippen LogP) is 3.84. The van der Waals surface area contributed by atoms with Crippen molar-refractivity contribution in [2.45, 2.75) is 19.9 Å². The van der Waals surface area contributed by atoms with Crippen molar-refractivity contribution in [1.29, 1.82) is 0 Å². The van der Waals surface area contributed by atoms with Gasteiger partial charge in [-0.1, -0.05) is 30.3 Å². The number of rotatable bonds is 7. The van der Waals surface area contributed by atoms with Gasteiger partial charge in [0, 0.05) is 29.3 Å². The van der Waals surface area contributed by atoms with E-state index in [4.69, 9.17) is 9.15 Å². The second kappa shape index (κ2) is 8.92. The summed E-state index contributed by atoms with van der Waals surface area (Å²) in [7, 11) is 0. The van der Waals surface area contributed by atoms with Gasteiger partial charge in [0.2, 0.25) is 0 Å². The second-order valence-corrected chi connectivity index (χ2v) is 7.81. The fourth-order valence-corrected chi connectivity index (χ4v) is 3.89. The Bertz CT molecular complexity index is 1230. The first kappa shape index (κ1) is 19.8. The van der Waals surface area contributed by atoms with Crippen LogP contribution in [0.3, 0.4) is 0 Å². The molecule has 0 bridgehead atoms. The van der Waals surface area contributed by atoms with Crippen LogP contribution in [0.5, 0.6) is 5.75 Å². The lowest BCUT2D eigenvalue weighted by atomic mass is 10.1. The molecule has 0 aliphatic rings. The minimum atomic E-state index is -0.412. The quantitative estimate of drug-likeness (QED) is 0.460. The number of carbonyl (C=O) groups excluding carboxylic acids is 1. The number of aromatic nitrogens is 1.